The Balaban J connectivity index is 2.00. The zero-order valence-corrected chi connectivity index (χ0v) is 16.1. The third-order valence-corrected chi connectivity index (χ3v) is 4.86. The molecule has 0 spiro atoms. The van der Waals surface area contributed by atoms with Crippen LogP contribution in [0.25, 0.3) is 0 Å². The highest BCUT2D eigenvalue weighted by Gasteiger charge is 2.20. The van der Waals surface area contributed by atoms with Crippen molar-refractivity contribution < 1.29 is 9.18 Å². The third kappa shape index (κ3) is 4.19. The van der Waals surface area contributed by atoms with Crippen LogP contribution in [-0.2, 0) is 4.79 Å². The third-order valence-electron chi connectivity index (χ3n) is 4.86. The first-order valence-electron chi connectivity index (χ1n) is 9.28. The summed E-state index contributed by atoms with van der Waals surface area (Å²) >= 11 is 0. The summed E-state index contributed by atoms with van der Waals surface area (Å²) in [7, 11) is 1.62. The van der Waals surface area contributed by atoms with Crippen molar-refractivity contribution in [1.29, 1.82) is 0 Å². The van der Waals surface area contributed by atoms with Crippen LogP contribution in [0.2, 0.25) is 0 Å². The van der Waals surface area contributed by atoms with Crippen molar-refractivity contribution in [2.45, 2.75) is 19.8 Å². The van der Waals surface area contributed by atoms with E-state index in [2.05, 4.69) is 17.2 Å². The van der Waals surface area contributed by atoms with E-state index < -0.39 is 0 Å². The van der Waals surface area contributed by atoms with Crippen LogP contribution in [0.1, 0.15) is 30.9 Å². The summed E-state index contributed by atoms with van der Waals surface area (Å²) in [6, 6.07) is 14.3. The molecule has 4 nitrogen and oxygen atoms in total. The maximum Gasteiger partial charge on any atom is 0.226 e. The fourth-order valence-electron chi connectivity index (χ4n) is 3.26. The summed E-state index contributed by atoms with van der Waals surface area (Å²) in [4.78, 5) is 16.9. The number of fused-ring (bicyclic) bond motifs is 1. The summed E-state index contributed by atoms with van der Waals surface area (Å²) in [6.45, 7) is 5.75. The van der Waals surface area contributed by atoms with Gasteiger partial charge in [-0.1, -0.05) is 24.3 Å². The molecule has 1 aliphatic rings. The molecular weight excluding hydrogens is 353 g/mol. The molecule has 1 atom stereocenters. The topological polar surface area (TPSA) is 53.5 Å². The second kappa shape index (κ2) is 8.65. The van der Waals surface area contributed by atoms with Gasteiger partial charge in [-0.15, -0.1) is 6.58 Å². The number of amides is 1. The number of para-hydroxylation sites is 1. The number of hydrogen-bond acceptors (Lipinski definition) is 3. The second-order valence-corrected chi connectivity index (χ2v) is 6.70. The van der Waals surface area contributed by atoms with Gasteiger partial charge in [-0.3, -0.25) is 9.79 Å². The number of aliphatic imine (C=N–C) groups is 1. The standard InChI is InChI=1S/C23H24FN3O/c1-4-16(23(28)25-3)11-14-20-15(2)26-21-8-6-5-7-19(21)22(27-20)17-9-12-18(24)13-10-17/h4-10,12-13,16,26H,1,11,14H2,2-3H3,(H,25,28). The van der Waals surface area contributed by atoms with Gasteiger partial charge in [-0.2, -0.15) is 0 Å². The van der Waals surface area contributed by atoms with E-state index in [0.29, 0.717) is 12.8 Å². The Morgan fingerprint density at radius 3 is 2.64 bits per heavy atom. The van der Waals surface area contributed by atoms with Gasteiger partial charge in [0, 0.05) is 29.6 Å². The van der Waals surface area contributed by atoms with Gasteiger partial charge in [0.05, 0.1) is 17.3 Å². The molecule has 0 bridgehead atoms. The van der Waals surface area contributed by atoms with Crippen LogP contribution in [0.4, 0.5) is 10.1 Å². The first-order valence-corrected chi connectivity index (χ1v) is 9.28. The lowest BCUT2D eigenvalue weighted by atomic mass is 9.99. The fourth-order valence-corrected chi connectivity index (χ4v) is 3.26. The van der Waals surface area contributed by atoms with Gasteiger partial charge < -0.3 is 10.6 Å². The molecule has 1 unspecified atom stereocenters. The Hall–Kier alpha value is -3.21. The van der Waals surface area contributed by atoms with E-state index in [1.165, 1.54) is 12.1 Å². The average Bonchev–Trinajstić information content (AvgIpc) is 2.85. The van der Waals surface area contributed by atoms with Crippen LogP contribution in [0.5, 0.6) is 0 Å². The number of halogens is 1. The van der Waals surface area contributed by atoms with E-state index in [0.717, 1.165) is 33.9 Å². The molecule has 2 aromatic carbocycles. The summed E-state index contributed by atoms with van der Waals surface area (Å²) in [5.41, 5.74) is 5.33. The molecule has 0 aliphatic carbocycles. The number of benzene rings is 2. The molecule has 1 heterocycles. The van der Waals surface area contributed by atoms with Crippen LogP contribution in [0.15, 0.2) is 77.6 Å². The molecule has 28 heavy (non-hydrogen) atoms. The highest BCUT2D eigenvalue weighted by atomic mass is 19.1. The van der Waals surface area contributed by atoms with Crippen molar-refractivity contribution in [3.63, 3.8) is 0 Å². The van der Waals surface area contributed by atoms with Crippen molar-refractivity contribution in [3.8, 4) is 0 Å². The SMILES string of the molecule is C=CC(CCC1=C(C)Nc2ccccc2C(c2ccc(F)cc2)=N1)C(=O)NC. The molecule has 1 amide bonds. The summed E-state index contributed by atoms with van der Waals surface area (Å²) in [5, 5.41) is 6.10. The zero-order valence-electron chi connectivity index (χ0n) is 16.1. The second-order valence-electron chi connectivity index (χ2n) is 6.70. The average molecular weight is 377 g/mol. The Morgan fingerprint density at radius 1 is 1.25 bits per heavy atom. The zero-order chi connectivity index (χ0) is 20.1. The van der Waals surface area contributed by atoms with Crippen LogP contribution >= 0.6 is 0 Å². The number of allylic oxidation sites excluding steroid dienone is 2. The Kier molecular flexibility index (Phi) is 6.04. The summed E-state index contributed by atoms with van der Waals surface area (Å²) in [5.74, 6) is -0.614. The first kappa shape index (κ1) is 19.5. The van der Waals surface area contributed by atoms with Gasteiger partial charge in [-0.05, 0) is 50.1 Å². The molecular formula is C23H24FN3O. The minimum Gasteiger partial charge on any atom is -0.359 e. The normalized spacial score (nSPS) is 14.3. The highest BCUT2D eigenvalue weighted by Crippen LogP contribution is 2.29. The van der Waals surface area contributed by atoms with Crippen LogP contribution in [0, 0.1) is 11.7 Å². The number of carbonyl (C=O) groups is 1. The fraction of sp³-hybridized carbons (Fsp3) is 0.217. The number of hydrogen-bond donors (Lipinski definition) is 2. The number of rotatable bonds is 6. The minimum absolute atomic E-state index is 0.0548. The Bertz CT molecular complexity index is 945. The molecule has 2 N–H and O–H groups in total. The van der Waals surface area contributed by atoms with Gasteiger partial charge in [0.2, 0.25) is 5.91 Å². The van der Waals surface area contributed by atoms with Crippen molar-refractivity contribution in [2.75, 3.05) is 12.4 Å². The highest BCUT2D eigenvalue weighted by molar-refractivity contribution is 6.16. The molecule has 1 aliphatic heterocycles. The number of anilines is 1. The van der Waals surface area contributed by atoms with Crippen LogP contribution in [0.3, 0.4) is 0 Å². The lowest BCUT2D eigenvalue weighted by molar-refractivity contribution is -0.123. The lowest BCUT2D eigenvalue weighted by Gasteiger charge is -2.13. The van der Waals surface area contributed by atoms with Crippen molar-refractivity contribution >= 4 is 17.3 Å². The molecule has 0 saturated carbocycles. The van der Waals surface area contributed by atoms with Gasteiger partial charge in [-0.25, -0.2) is 4.39 Å². The summed E-state index contributed by atoms with van der Waals surface area (Å²) < 4.78 is 13.4. The van der Waals surface area contributed by atoms with Gasteiger partial charge in [0.25, 0.3) is 0 Å². The van der Waals surface area contributed by atoms with Crippen LogP contribution < -0.4 is 10.6 Å². The molecule has 3 rings (SSSR count). The number of carbonyl (C=O) groups excluding carboxylic acids is 1. The molecule has 5 heteroatoms. The predicted molar refractivity (Wildman–Crippen MR) is 112 cm³/mol. The molecule has 0 fully saturated rings. The van der Waals surface area contributed by atoms with E-state index in [1.807, 2.05) is 31.2 Å². The molecule has 0 saturated heterocycles. The first-order chi connectivity index (χ1) is 13.5. The van der Waals surface area contributed by atoms with Crippen LogP contribution in [-0.4, -0.2) is 18.7 Å². The lowest BCUT2D eigenvalue weighted by Crippen LogP contribution is -2.26. The maximum atomic E-state index is 13.4. The monoisotopic (exact) mass is 377 g/mol. The Labute approximate surface area is 164 Å². The maximum absolute atomic E-state index is 13.4. The Morgan fingerprint density at radius 2 is 1.96 bits per heavy atom. The van der Waals surface area contributed by atoms with Crippen molar-refractivity contribution in [1.82, 2.24) is 5.32 Å². The van der Waals surface area contributed by atoms with Crippen molar-refractivity contribution in [3.05, 3.63) is 89.5 Å². The molecule has 144 valence electrons. The van der Waals surface area contributed by atoms with Gasteiger partial charge in [0.15, 0.2) is 0 Å². The van der Waals surface area contributed by atoms with Gasteiger partial charge >= 0.3 is 0 Å². The predicted octanol–water partition coefficient (Wildman–Crippen LogP) is 4.65. The number of nitrogens with one attached hydrogen (secondary N) is 2. The molecule has 0 radical (unpaired) electrons. The van der Waals surface area contributed by atoms with E-state index in [9.17, 15) is 9.18 Å². The van der Waals surface area contributed by atoms with E-state index in [4.69, 9.17) is 4.99 Å². The smallest absolute Gasteiger partial charge is 0.226 e. The van der Waals surface area contributed by atoms with E-state index >= 15 is 0 Å². The van der Waals surface area contributed by atoms with E-state index in [-0.39, 0.29) is 17.6 Å². The largest absolute Gasteiger partial charge is 0.359 e. The minimum atomic E-state index is -0.282. The quantitative estimate of drug-likeness (QED) is 0.720. The van der Waals surface area contributed by atoms with E-state index in [1.54, 1.807) is 25.3 Å². The molecule has 2 aromatic rings. The van der Waals surface area contributed by atoms with Crippen molar-refractivity contribution in [2.24, 2.45) is 10.9 Å². The summed E-state index contributed by atoms with van der Waals surface area (Å²) in [6.07, 6.45) is 2.88. The number of nitrogens with zero attached hydrogens (tertiary/aromatic N) is 1. The molecule has 0 aromatic heterocycles. The van der Waals surface area contributed by atoms with Gasteiger partial charge in [0.1, 0.15) is 5.82 Å².